The number of nitrogens with zero attached hydrogens (tertiary/aromatic N) is 3. The number of benzene rings is 3. The van der Waals surface area contributed by atoms with Crippen molar-refractivity contribution in [2.75, 3.05) is 48.1 Å². The zero-order valence-electron chi connectivity index (χ0n) is 23.2. The molecule has 0 saturated heterocycles. The van der Waals surface area contributed by atoms with Crippen molar-refractivity contribution in [1.29, 1.82) is 0 Å². The number of rotatable bonds is 11. The normalized spacial score (nSPS) is 11.0. The summed E-state index contributed by atoms with van der Waals surface area (Å²) in [4.78, 5) is 17.8. The molecular formula is C28H28ClN5O7. The first-order chi connectivity index (χ1) is 19.9. The molecule has 0 amide bonds. The quantitative estimate of drug-likeness (QED) is 0.193. The summed E-state index contributed by atoms with van der Waals surface area (Å²) in [5, 5.41) is 11.8. The van der Waals surface area contributed by atoms with Crippen LogP contribution in [0, 0.1) is 0 Å². The third-order valence-electron chi connectivity index (χ3n) is 5.92. The van der Waals surface area contributed by atoms with E-state index in [-0.39, 0.29) is 17.2 Å². The topological polar surface area (TPSA) is 138 Å². The second-order valence-corrected chi connectivity index (χ2v) is 8.68. The monoisotopic (exact) mass is 581 g/mol. The Hall–Kier alpha value is -4.97. The second-order valence-electron chi connectivity index (χ2n) is 8.24. The summed E-state index contributed by atoms with van der Waals surface area (Å²) in [5.74, 6) is 2.44. The molecule has 0 fully saturated rings. The third-order valence-corrected chi connectivity index (χ3v) is 6.17. The maximum Gasteiger partial charge on any atom is 0.292 e. The van der Waals surface area contributed by atoms with Gasteiger partial charge in [0, 0.05) is 16.1 Å². The Morgan fingerprint density at radius 2 is 1.29 bits per heavy atom. The van der Waals surface area contributed by atoms with E-state index < -0.39 is 5.56 Å². The fourth-order valence-electron chi connectivity index (χ4n) is 3.96. The van der Waals surface area contributed by atoms with Crippen molar-refractivity contribution in [3.63, 3.8) is 0 Å². The smallest absolute Gasteiger partial charge is 0.292 e. The van der Waals surface area contributed by atoms with Crippen LogP contribution >= 0.6 is 11.6 Å². The zero-order valence-corrected chi connectivity index (χ0v) is 24.0. The molecule has 13 heteroatoms. The maximum absolute atomic E-state index is 13.2. The van der Waals surface area contributed by atoms with Crippen molar-refractivity contribution >= 4 is 23.0 Å². The molecule has 0 unspecified atom stereocenters. The minimum atomic E-state index is -0.591. The first-order valence-electron chi connectivity index (χ1n) is 12.0. The lowest BCUT2D eigenvalue weighted by atomic mass is 10.1. The molecule has 0 bridgehead atoms. The van der Waals surface area contributed by atoms with Crippen LogP contribution in [0.15, 0.2) is 58.4 Å². The van der Waals surface area contributed by atoms with E-state index in [0.29, 0.717) is 56.3 Å². The summed E-state index contributed by atoms with van der Waals surface area (Å²) in [6, 6.07) is 13.5. The number of hydrazone groups is 1. The molecule has 0 saturated carbocycles. The number of halogens is 1. The number of hydrogen-bond acceptors (Lipinski definition) is 11. The summed E-state index contributed by atoms with van der Waals surface area (Å²) in [6.45, 7) is 0. The van der Waals surface area contributed by atoms with Crippen LogP contribution in [0.2, 0.25) is 5.02 Å². The van der Waals surface area contributed by atoms with Gasteiger partial charge in [-0.3, -0.25) is 10.2 Å². The Morgan fingerprint density at radius 3 is 1.78 bits per heavy atom. The molecule has 0 atom stereocenters. The number of ether oxygens (including phenoxy) is 6. The average molecular weight is 582 g/mol. The van der Waals surface area contributed by atoms with E-state index >= 15 is 0 Å². The summed E-state index contributed by atoms with van der Waals surface area (Å²) < 4.78 is 32.8. The van der Waals surface area contributed by atoms with E-state index in [1.54, 1.807) is 48.5 Å². The van der Waals surface area contributed by atoms with E-state index in [0.717, 1.165) is 0 Å². The van der Waals surface area contributed by atoms with Gasteiger partial charge in [-0.25, -0.2) is 10.1 Å². The van der Waals surface area contributed by atoms with Gasteiger partial charge in [-0.05, 0) is 48.5 Å². The Labute approximate surface area is 240 Å². The fraction of sp³-hybridized carbons (Fsp3) is 0.214. The van der Waals surface area contributed by atoms with Gasteiger partial charge in [0.15, 0.2) is 34.5 Å². The highest BCUT2D eigenvalue weighted by Crippen LogP contribution is 2.41. The largest absolute Gasteiger partial charge is 0.493 e. The van der Waals surface area contributed by atoms with Gasteiger partial charge in [0.05, 0.1) is 48.3 Å². The first kappa shape index (κ1) is 29.0. The molecule has 0 aliphatic rings. The Kier molecular flexibility index (Phi) is 9.15. The minimum Gasteiger partial charge on any atom is -0.493 e. The van der Waals surface area contributed by atoms with Crippen LogP contribution in [0.4, 0.5) is 5.69 Å². The lowest BCUT2D eigenvalue weighted by molar-refractivity contribution is 0.324. The summed E-state index contributed by atoms with van der Waals surface area (Å²) in [5.41, 5.74) is 4.05. The molecule has 12 nitrogen and oxygen atoms in total. The van der Waals surface area contributed by atoms with Gasteiger partial charge < -0.3 is 28.4 Å². The SMILES string of the molecule is COc1cc(/C(=N/Nc2ccc(Cl)cc2)c2nc(-c3cc(OC)c(OC)c(OC)c3)n[nH]c2=O)cc(OC)c1OC. The highest BCUT2D eigenvalue weighted by Gasteiger charge is 2.22. The van der Waals surface area contributed by atoms with Crippen molar-refractivity contribution in [3.8, 4) is 45.9 Å². The predicted octanol–water partition coefficient (Wildman–Crippen LogP) is 4.40. The second kappa shape index (κ2) is 12.9. The van der Waals surface area contributed by atoms with Crippen LogP contribution in [0.25, 0.3) is 11.4 Å². The van der Waals surface area contributed by atoms with Crippen molar-refractivity contribution in [2.24, 2.45) is 5.10 Å². The molecule has 4 aromatic rings. The third kappa shape index (κ3) is 6.12. The number of H-pyrrole nitrogens is 1. The Balaban J connectivity index is 1.93. The van der Waals surface area contributed by atoms with Crippen LogP contribution in [-0.4, -0.2) is 63.6 Å². The number of methoxy groups -OCH3 is 6. The molecule has 214 valence electrons. The minimum absolute atomic E-state index is 0.0421. The van der Waals surface area contributed by atoms with Crippen molar-refractivity contribution in [3.05, 3.63) is 75.2 Å². The number of aromatic nitrogens is 3. The molecule has 0 spiro atoms. The lowest BCUT2D eigenvalue weighted by Gasteiger charge is -2.16. The average Bonchev–Trinajstić information content (AvgIpc) is 3.01. The molecule has 0 aliphatic carbocycles. The van der Waals surface area contributed by atoms with Crippen molar-refractivity contribution in [2.45, 2.75) is 0 Å². The highest BCUT2D eigenvalue weighted by atomic mass is 35.5. The molecule has 41 heavy (non-hydrogen) atoms. The van der Waals surface area contributed by atoms with Crippen molar-refractivity contribution in [1.82, 2.24) is 15.2 Å². The summed E-state index contributed by atoms with van der Waals surface area (Å²) in [6.07, 6.45) is 0. The zero-order chi connectivity index (χ0) is 29.5. The van der Waals surface area contributed by atoms with E-state index in [2.05, 4.69) is 25.7 Å². The van der Waals surface area contributed by atoms with Crippen molar-refractivity contribution < 1.29 is 28.4 Å². The van der Waals surface area contributed by atoms with Crippen LogP contribution < -0.4 is 39.4 Å². The summed E-state index contributed by atoms with van der Waals surface area (Å²) in [7, 11) is 8.97. The Morgan fingerprint density at radius 1 is 0.780 bits per heavy atom. The van der Waals surface area contributed by atoms with Gasteiger partial charge in [-0.15, -0.1) is 0 Å². The highest BCUT2D eigenvalue weighted by molar-refractivity contribution is 6.30. The predicted molar refractivity (Wildman–Crippen MR) is 155 cm³/mol. The number of hydrogen-bond donors (Lipinski definition) is 2. The van der Waals surface area contributed by atoms with E-state index in [9.17, 15) is 4.79 Å². The van der Waals surface area contributed by atoms with E-state index in [1.807, 2.05) is 0 Å². The van der Waals surface area contributed by atoms with Gasteiger partial charge in [0.25, 0.3) is 5.56 Å². The summed E-state index contributed by atoms with van der Waals surface area (Å²) >= 11 is 6.03. The maximum atomic E-state index is 13.2. The van der Waals surface area contributed by atoms with Gasteiger partial charge in [0.2, 0.25) is 11.5 Å². The van der Waals surface area contributed by atoms with E-state index in [1.165, 1.54) is 42.7 Å². The van der Waals surface area contributed by atoms with E-state index in [4.69, 9.17) is 40.0 Å². The first-order valence-corrected chi connectivity index (χ1v) is 12.4. The fourth-order valence-corrected chi connectivity index (χ4v) is 4.08. The number of aromatic amines is 1. The van der Waals surface area contributed by atoms with Gasteiger partial charge in [-0.1, -0.05) is 11.6 Å². The van der Waals surface area contributed by atoms with Crippen LogP contribution in [-0.2, 0) is 0 Å². The molecule has 0 radical (unpaired) electrons. The molecule has 1 aromatic heterocycles. The molecule has 1 heterocycles. The molecule has 0 aliphatic heterocycles. The van der Waals surface area contributed by atoms with Gasteiger partial charge in [-0.2, -0.15) is 10.2 Å². The van der Waals surface area contributed by atoms with Crippen LogP contribution in [0.1, 0.15) is 11.3 Å². The number of nitrogens with one attached hydrogen (secondary N) is 2. The molecule has 2 N–H and O–H groups in total. The molecular weight excluding hydrogens is 554 g/mol. The van der Waals surface area contributed by atoms with Gasteiger partial charge >= 0.3 is 0 Å². The van der Waals surface area contributed by atoms with Gasteiger partial charge in [0.1, 0.15) is 5.71 Å². The van der Waals surface area contributed by atoms with Crippen LogP contribution in [0.3, 0.4) is 0 Å². The Bertz CT molecular complexity index is 1570. The van der Waals surface area contributed by atoms with Crippen LogP contribution in [0.5, 0.6) is 34.5 Å². The lowest BCUT2D eigenvalue weighted by Crippen LogP contribution is -2.24. The standard InChI is InChI=1S/C28H28ClN5O7/c1-36-19-11-15(12-20(37-2)25(19)40-5)23(32-31-18-9-7-17(29)8-10-18)24-28(35)34-33-27(30-24)16-13-21(38-3)26(41-6)22(14-16)39-4/h7-14,31H,1-6H3,(H,34,35)/b32-23-. The molecule has 4 rings (SSSR count). The molecule has 3 aromatic carbocycles. The number of anilines is 1.